The highest BCUT2D eigenvalue weighted by Gasteiger charge is 2.44. The number of urea groups is 1. The Hall–Kier alpha value is -2.42. The van der Waals surface area contributed by atoms with Crippen LogP contribution >= 0.6 is 12.4 Å². The Morgan fingerprint density at radius 1 is 1.30 bits per heavy atom. The molecule has 10 heteroatoms. The molecule has 0 bridgehead atoms. The molecule has 1 aromatic rings. The largest absolute Gasteiger partial charge is 0.353 e. The normalized spacial score (nSPS) is 25.0. The van der Waals surface area contributed by atoms with E-state index in [4.69, 9.17) is 0 Å². The molecule has 2 saturated heterocycles. The zero-order valence-corrected chi connectivity index (χ0v) is 15.9. The number of imide groups is 1. The molecule has 27 heavy (non-hydrogen) atoms. The van der Waals surface area contributed by atoms with E-state index in [1.165, 1.54) is 17.7 Å². The molecule has 4 amide bonds. The lowest BCUT2D eigenvalue weighted by molar-refractivity contribution is -0.131. The van der Waals surface area contributed by atoms with E-state index in [0.717, 1.165) is 17.3 Å². The van der Waals surface area contributed by atoms with Crippen LogP contribution in [0.1, 0.15) is 12.8 Å². The quantitative estimate of drug-likeness (QED) is 0.712. The van der Waals surface area contributed by atoms with Crippen molar-refractivity contribution in [1.82, 2.24) is 25.3 Å². The topological polar surface area (TPSA) is 98.7 Å². The Balaban J connectivity index is 0.00000210. The third-order valence-electron chi connectivity index (χ3n) is 5.35. The summed E-state index contributed by atoms with van der Waals surface area (Å²) >= 11 is 0. The summed E-state index contributed by atoms with van der Waals surface area (Å²) in [5.74, 6) is 1.15. The summed E-state index contributed by atoms with van der Waals surface area (Å²) in [6.07, 6.45) is 4.00. The van der Waals surface area contributed by atoms with Crippen molar-refractivity contribution in [1.29, 1.82) is 0 Å². The summed E-state index contributed by atoms with van der Waals surface area (Å²) in [5, 5.41) is 11.1. The second-order valence-corrected chi connectivity index (χ2v) is 7.28. The molecular weight excluding hydrogens is 372 g/mol. The maximum absolute atomic E-state index is 12.5. The molecule has 2 aliphatic heterocycles. The molecule has 1 saturated carbocycles. The van der Waals surface area contributed by atoms with Gasteiger partial charge < -0.3 is 15.1 Å². The number of amides is 4. The molecule has 146 valence electrons. The van der Waals surface area contributed by atoms with E-state index in [9.17, 15) is 14.4 Å². The van der Waals surface area contributed by atoms with Gasteiger partial charge in [0.15, 0.2) is 5.82 Å². The molecular formula is C17H23ClN6O3. The number of aromatic nitrogens is 2. The van der Waals surface area contributed by atoms with Crippen LogP contribution in [0.5, 0.6) is 0 Å². The fourth-order valence-electron chi connectivity index (χ4n) is 3.85. The molecule has 0 spiro atoms. The predicted octanol–water partition coefficient (Wildman–Crippen LogP) is 0.123. The number of rotatable bonds is 5. The summed E-state index contributed by atoms with van der Waals surface area (Å²) in [5.41, 5.74) is 0. The van der Waals surface area contributed by atoms with Crippen LogP contribution in [-0.2, 0) is 9.59 Å². The van der Waals surface area contributed by atoms with E-state index in [2.05, 4.69) is 20.4 Å². The first-order chi connectivity index (χ1) is 12.5. The van der Waals surface area contributed by atoms with Gasteiger partial charge in [0.1, 0.15) is 13.1 Å². The minimum atomic E-state index is -0.420. The first kappa shape index (κ1) is 19.3. The molecule has 0 radical (unpaired) electrons. The summed E-state index contributed by atoms with van der Waals surface area (Å²) in [7, 11) is 1.55. The lowest BCUT2D eigenvalue weighted by Crippen LogP contribution is -2.47. The third-order valence-corrected chi connectivity index (χ3v) is 5.35. The smallest absolute Gasteiger partial charge is 0.327 e. The van der Waals surface area contributed by atoms with Gasteiger partial charge in [-0.2, -0.15) is 5.10 Å². The molecule has 1 aliphatic carbocycles. The minimum Gasteiger partial charge on any atom is -0.353 e. The molecule has 2 atom stereocenters. The lowest BCUT2D eigenvalue weighted by atomic mass is 9.98. The van der Waals surface area contributed by atoms with E-state index in [-0.39, 0.29) is 43.4 Å². The van der Waals surface area contributed by atoms with Gasteiger partial charge in [-0.25, -0.2) is 4.79 Å². The van der Waals surface area contributed by atoms with Gasteiger partial charge in [-0.1, -0.05) is 0 Å². The zero-order valence-electron chi connectivity index (χ0n) is 15.1. The van der Waals surface area contributed by atoms with E-state index in [1.807, 2.05) is 12.1 Å². The second-order valence-electron chi connectivity index (χ2n) is 7.28. The summed E-state index contributed by atoms with van der Waals surface area (Å²) in [6, 6.07) is 3.33. The first-order valence-corrected chi connectivity index (χ1v) is 8.90. The average molecular weight is 395 g/mol. The van der Waals surface area contributed by atoms with Crippen LogP contribution in [0.2, 0.25) is 0 Å². The number of halogens is 1. The maximum atomic E-state index is 12.5. The number of nitrogens with zero attached hydrogens (tertiary/aromatic N) is 5. The van der Waals surface area contributed by atoms with E-state index in [0.29, 0.717) is 18.4 Å². The Labute approximate surface area is 163 Å². The standard InChI is InChI=1S/C17H22N6O3.ClH/c1-21-10-16(25)23(17(21)26)9-15(24)19-13-8-22(7-12(13)11-4-5-11)14-3-2-6-18-20-14;/h2-3,6,11-13H,4-5,7-10H2,1H3,(H,19,24);1H/t12-,13+;/m1./s1. The molecule has 1 N–H and O–H groups in total. The molecule has 9 nitrogen and oxygen atoms in total. The van der Waals surface area contributed by atoms with Gasteiger partial charge in [0.25, 0.3) is 5.91 Å². The molecule has 3 aliphatic rings. The van der Waals surface area contributed by atoms with Crippen molar-refractivity contribution in [3.8, 4) is 0 Å². The number of carbonyl (C=O) groups excluding carboxylic acids is 3. The van der Waals surface area contributed by atoms with Crippen LogP contribution in [0.3, 0.4) is 0 Å². The summed E-state index contributed by atoms with van der Waals surface area (Å²) < 4.78 is 0. The van der Waals surface area contributed by atoms with Gasteiger partial charge in [0, 0.05) is 32.3 Å². The van der Waals surface area contributed by atoms with Crippen molar-refractivity contribution in [2.75, 3.05) is 38.1 Å². The minimum absolute atomic E-state index is 0. The van der Waals surface area contributed by atoms with Gasteiger partial charge in [0.2, 0.25) is 5.91 Å². The fraction of sp³-hybridized carbons (Fsp3) is 0.588. The highest BCUT2D eigenvalue weighted by Crippen LogP contribution is 2.42. The highest BCUT2D eigenvalue weighted by atomic mass is 35.5. The number of hydrogen-bond acceptors (Lipinski definition) is 6. The number of anilines is 1. The van der Waals surface area contributed by atoms with Crippen LogP contribution in [0.4, 0.5) is 10.6 Å². The molecule has 1 aromatic heterocycles. The third kappa shape index (κ3) is 3.97. The first-order valence-electron chi connectivity index (χ1n) is 8.90. The van der Waals surface area contributed by atoms with Crippen LogP contribution < -0.4 is 10.2 Å². The summed E-state index contributed by atoms with van der Waals surface area (Å²) in [4.78, 5) is 40.7. The molecule has 0 unspecified atom stereocenters. The van der Waals surface area contributed by atoms with E-state index >= 15 is 0 Å². The zero-order chi connectivity index (χ0) is 18.3. The molecule has 3 fully saturated rings. The van der Waals surface area contributed by atoms with Crippen molar-refractivity contribution in [3.63, 3.8) is 0 Å². The number of likely N-dealkylation sites (N-methyl/N-ethyl adjacent to an activating group) is 1. The predicted molar refractivity (Wildman–Crippen MR) is 99.4 cm³/mol. The molecule has 0 aromatic carbocycles. The second kappa shape index (κ2) is 7.67. The van der Waals surface area contributed by atoms with Crippen molar-refractivity contribution >= 4 is 36.1 Å². The van der Waals surface area contributed by atoms with Crippen LogP contribution in [0.15, 0.2) is 18.3 Å². The van der Waals surface area contributed by atoms with Crippen molar-refractivity contribution in [2.45, 2.75) is 18.9 Å². The van der Waals surface area contributed by atoms with Crippen molar-refractivity contribution in [3.05, 3.63) is 18.3 Å². The van der Waals surface area contributed by atoms with Gasteiger partial charge in [-0.15, -0.1) is 17.5 Å². The molecule has 4 rings (SSSR count). The van der Waals surface area contributed by atoms with Crippen LogP contribution in [-0.4, -0.2) is 77.1 Å². The van der Waals surface area contributed by atoms with Gasteiger partial charge in [-0.3, -0.25) is 14.5 Å². The van der Waals surface area contributed by atoms with Crippen LogP contribution in [0, 0.1) is 11.8 Å². The fourth-order valence-corrected chi connectivity index (χ4v) is 3.85. The van der Waals surface area contributed by atoms with Gasteiger partial charge in [0.05, 0.1) is 6.04 Å². The van der Waals surface area contributed by atoms with Crippen LogP contribution in [0.25, 0.3) is 0 Å². The maximum Gasteiger partial charge on any atom is 0.327 e. The molecule has 3 heterocycles. The number of nitrogens with one attached hydrogen (secondary N) is 1. The number of carbonyl (C=O) groups is 3. The van der Waals surface area contributed by atoms with Gasteiger partial charge in [-0.05, 0) is 30.9 Å². The number of hydrogen-bond donors (Lipinski definition) is 1. The lowest BCUT2D eigenvalue weighted by Gasteiger charge is -2.21. The van der Waals surface area contributed by atoms with Gasteiger partial charge >= 0.3 is 6.03 Å². The highest BCUT2D eigenvalue weighted by molar-refractivity contribution is 6.04. The average Bonchev–Trinajstić information content (AvgIpc) is 3.35. The van der Waals surface area contributed by atoms with E-state index < -0.39 is 6.03 Å². The Morgan fingerprint density at radius 3 is 2.67 bits per heavy atom. The Morgan fingerprint density at radius 2 is 2.07 bits per heavy atom. The monoisotopic (exact) mass is 394 g/mol. The van der Waals surface area contributed by atoms with Crippen molar-refractivity contribution in [2.24, 2.45) is 11.8 Å². The van der Waals surface area contributed by atoms with Crippen molar-refractivity contribution < 1.29 is 14.4 Å². The Kier molecular flexibility index (Phi) is 5.50. The Bertz CT molecular complexity index is 729. The van der Waals surface area contributed by atoms with E-state index in [1.54, 1.807) is 13.2 Å². The summed E-state index contributed by atoms with van der Waals surface area (Å²) in [6.45, 7) is 1.30. The SMILES string of the molecule is CN1CC(=O)N(CC(=O)N[C@H]2CN(c3cccnn3)C[C@@H]2C2CC2)C1=O.Cl.